The van der Waals surface area contributed by atoms with Crippen LogP contribution in [0.1, 0.15) is 56.2 Å². The molecule has 1 fully saturated rings. The van der Waals surface area contributed by atoms with Gasteiger partial charge in [0, 0.05) is 22.3 Å². The van der Waals surface area contributed by atoms with Crippen molar-refractivity contribution < 1.29 is 32.7 Å². The Morgan fingerprint density at radius 1 is 1.05 bits per heavy atom. The first-order chi connectivity index (χ1) is 18.1. The molecule has 0 saturated heterocycles. The third-order valence-corrected chi connectivity index (χ3v) is 6.99. The highest BCUT2D eigenvalue weighted by Gasteiger charge is 2.51. The lowest BCUT2D eigenvalue weighted by Gasteiger charge is -2.43. The molecule has 2 N–H and O–H groups in total. The molecule has 0 atom stereocenters. The molecule has 3 aromatic rings. The van der Waals surface area contributed by atoms with E-state index in [1.165, 1.54) is 29.7 Å². The van der Waals surface area contributed by atoms with Crippen molar-refractivity contribution >= 4 is 28.4 Å². The van der Waals surface area contributed by atoms with Crippen molar-refractivity contribution in [3.63, 3.8) is 0 Å². The van der Waals surface area contributed by atoms with E-state index in [9.17, 15) is 22.8 Å². The molecule has 10 heteroatoms. The molecule has 0 bridgehead atoms. The number of nitrogens with one attached hydrogen (secondary N) is 1. The molecule has 7 nitrogen and oxygen atoms in total. The molecule has 2 aromatic carbocycles. The molecule has 1 saturated carbocycles. The number of alkyl halides is 3. The molecular formula is C28H30F3N3O4. The quantitative estimate of drug-likeness (QED) is 0.222. The summed E-state index contributed by atoms with van der Waals surface area (Å²) in [5, 5.41) is 10.1. The van der Waals surface area contributed by atoms with Gasteiger partial charge in [0.05, 0.1) is 17.5 Å². The maximum Gasteiger partial charge on any atom is 0.471 e. The minimum Gasteiger partial charge on any atom is -0.489 e. The molecule has 0 unspecified atom stereocenters. The van der Waals surface area contributed by atoms with Crippen LogP contribution in [-0.4, -0.2) is 33.7 Å². The Bertz CT molecular complexity index is 1290. The third-order valence-electron chi connectivity index (χ3n) is 6.99. The van der Waals surface area contributed by atoms with Gasteiger partial charge in [-0.1, -0.05) is 43.9 Å². The van der Waals surface area contributed by atoms with Crippen LogP contribution in [0.4, 0.5) is 18.9 Å². The number of amides is 2. The van der Waals surface area contributed by atoms with E-state index in [0.29, 0.717) is 23.5 Å². The Morgan fingerprint density at radius 2 is 1.71 bits per heavy atom. The maximum atomic E-state index is 13.8. The highest BCUT2D eigenvalue weighted by Crippen LogP contribution is 2.41. The van der Waals surface area contributed by atoms with Gasteiger partial charge in [0.15, 0.2) is 0 Å². The van der Waals surface area contributed by atoms with E-state index >= 15 is 0 Å². The number of benzene rings is 2. The molecule has 1 heterocycles. The second kappa shape index (κ2) is 11.4. The first-order valence-electron chi connectivity index (χ1n) is 12.6. The zero-order valence-electron chi connectivity index (χ0n) is 21.1. The second-order valence-electron chi connectivity index (χ2n) is 9.71. The van der Waals surface area contributed by atoms with Gasteiger partial charge in [-0.3, -0.25) is 24.7 Å². The van der Waals surface area contributed by atoms with E-state index in [2.05, 4.69) is 4.98 Å². The number of halogens is 3. The number of hydrogen-bond acceptors (Lipinski definition) is 5. The molecule has 2 amide bonds. The molecule has 1 aliphatic rings. The van der Waals surface area contributed by atoms with E-state index < -0.39 is 30.0 Å². The number of pyridine rings is 1. The fourth-order valence-corrected chi connectivity index (χ4v) is 5.30. The van der Waals surface area contributed by atoms with E-state index in [0.717, 1.165) is 35.0 Å². The number of nitrogens with zero attached hydrogens (tertiary/aromatic N) is 2. The molecule has 0 aliphatic heterocycles. The van der Waals surface area contributed by atoms with Crippen molar-refractivity contribution in [1.29, 1.82) is 0 Å². The van der Waals surface area contributed by atoms with Gasteiger partial charge in [0.25, 0.3) is 0 Å². The van der Waals surface area contributed by atoms with Crippen molar-refractivity contribution in [1.82, 2.24) is 10.5 Å². The first kappa shape index (κ1) is 27.4. The average Bonchev–Trinajstić information content (AvgIpc) is 3.13. The number of aromatic nitrogens is 1. The first-order valence-corrected chi connectivity index (χ1v) is 12.6. The van der Waals surface area contributed by atoms with Crippen molar-refractivity contribution in [2.45, 2.75) is 70.2 Å². The Labute approximate surface area is 218 Å². The number of ether oxygens (including phenoxy) is 1. The number of hydroxylamine groups is 1. The number of hydrogen-bond donors (Lipinski definition) is 2. The van der Waals surface area contributed by atoms with Crippen molar-refractivity contribution in [3.05, 3.63) is 65.9 Å². The fourth-order valence-electron chi connectivity index (χ4n) is 5.30. The Hall–Kier alpha value is -3.66. The molecule has 1 aliphatic carbocycles. The number of para-hydroxylation sites is 1. The largest absolute Gasteiger partial charge is 0.489 e. The van der Waals surface area contributed by atoms with Gasteiger partial charge in [-0.05, 0) is 56.2 Å². The molecule has 202 valence electrons. The zero-order valence-corrected chi connectivity index (χ0v) is 21.1. The number of carbonyl (C=O) groups excluding carboxylic acids is 2. The maximum absolute atomic E-state index is 13.8. The number of carbonyl (C=O) groups is 2. The van der Waals surface area contributed by atoms with Gasteiger partial charge < -0.3 is 4.74 Å². The molecule has 0 radical (unpaired) electrons. The summed E-state index contributed by atoms with van der Waals surface area (Å²) in [6.07, 6.45) is -2.51. The van der Waals surface area contributed by atoms with Crippen molar-refractivity contribution in [3.8, 4) is 5.75 Å². The minimum absolute atomic E-state index is 0.0116. The van der Waals surface area contributed by atoms with Gasteiger partial charge in [0.2, 0.25) is 5.91 Å². The summed E-state index contributed by atoms with van der Waals surface area (Å²) in [4.78, 5) is 30.2. The number of aryl methyl sites for hydroxylation is 1. The zero-order chi connectivity index (χ0) is 27.3. The third kappa shape index (κ3) is 6.07. The summed E-state index contributed by atoms with van der Waals surface area (Å²) in [5.74, 6) is -2.47. The van der Waals surface area contributed by atoms with Crippen LogP contribution in [0, 0.1) is 6.92 Å². The minimum atomic E-state index is -5.15. The van der Waals surface area contributed by atoms with E-state index in [1.54, 1.807) is 0 Å². The van der Waals surface area contributed by atoms with Gasteiger partial charge in [-0.15, -0.1) is 0 Å². The van der Waals surface area contributed by atoms with E-state index in [4.69, 9.17) is 9.94 Å². The molecule has 38 heavy (non-hydrogen) atoms. The summed E-state index contributed by atoms with van der Waals surface area (Å²) < 4.78 is 47.4. The van der Waals surface area contributed by atoms with Gasteiger partial charge in [0.1, 0.15) is 12.4 Å². The van der Waals surface area contributed by atoms with E-state index in [1.807, 2.05) is 37.3 Å². The average molecular weight is 530 g/mol. The lowest BCUT2D eigenvalue weighted by molar-refractivity contribution is -0.172. The predicted molar refractivity (Wildman–Crippen MR) is 136 cm³/mol. The molecule has 1 aromatic heterocycles. The predicted octanol–water partition coefficient (Wildman–Crippen LogP) is 6.01. The SMILES string of the molecule is Cc1cc(COc2ccc(N(C(=O)C(F)(F)F)C3(CC(=O)NO)CCCCCC3)cc2)c2ccccc2n1. The lowest BCUT2D eigenvalue weighted by atomic mass is 9.83. The molecular weight excluding hydrogens is 499 g/mol. The van der Waals surface area contributed by atoms with Crippen LogP contribution >= 0.6 is 0 Å². The second-order valence-corrected chi connectivity index (χ2v) is 9.71. The molecule has 0 spiro atoms. The van der Waals surface area contributed by atoms with Crippen LogP contribution in [0.15, 0.2) is 54.6 Å². The molecule has 4 rings (SSSR count). The summed E-state index contributed by atoms with van der Waals surface area (Å²) in [6.45, 7) is 2.10. The summed E-state index contributed by atoms with van der Waals surface area (Å²) in [7, 11) is 0. The van der Waals surface area contributed by atoms with Gasteiger partial charge in [-0.2, -0.15) is 13.2 Å². The van der Waals surface area contributed by atoms with Crippen molar-refractivity contribution in [2.24, 2.45) is 0 Å². The smallest absolute Gasteiger partial charge is 0.471 e. The number of fused-ring (bicyclic) bond motifs is 1. The highest BCUT2D eigenvalue weighted by molar-refractivity contribution is 5.99. The normalized spacial score (nSPS) is 15.5. The van der Waals surface area contributed by atoms with Crippen LogP contribution in [0.25, 0.3) is 10.9 Å². The van der Waals surface area contributed by atoms with Gasteiger partial charge in [-0.25, -0.2) is 5.48 Å². The van der Waals surface area contributed by atoms with Crippen LogP contribution < -0.4 is 15.1 Å². The van der Waals surface area contributed by atoms with Crippen LogP contribution in [0.5, 0.6) is 5.75 Å². The summed E-state index contributed by atoms with van der Waals surface area (Å²) in [5.41, 5.74) is 2.69. The Balaban J connectivity index is 1.64. The van der Waals surface area contributed by atoms with E-state index in [-0.39, 0.29) is 25.1 Å². The summed E-state index contributed by atoms with van der Waals surface area (Å²) >= 11 is 0. The summed E-state index contributed by atoms with van der Waals surface area (Å²) in [6, 6.07) is 15.4. The standard InChI is InChI=1S/C28H30F3N3O4/c1-19-16-20(23-8-4-5-9-24(23)32-19)18-38-22-12-10-21(11-13-22)34(26(36)28(29,30)31)27(17-25(35)33-37)14-6-2-3-7-15-27/h4-5,8-13,16,37H,2-3,6-7,14-15,17-18H2,1H3,(H,33,35). The highest BCUT2D eigenvalue weighted by atomic mass is 19.4. The van der Waals surface area contributed by atoms with Crippen LogP contribution in [-0.2, 0) is 16.2 Å². The Kier molecular flexibility index (Phi) is 8.20. The van der Waals surface area contributed by atoms with Crippen LogP contribution in [0.2, 0.25) is 0 Å². The monoisotopic (exact) mass is 529 g/mol. The number of rotatable bonds is 7. The lowest BCUT2D eigenvalue weighted by Crippen LogP contribution is -2.57. The fraction of sp³-hybridized carbons (Fsp3) is 0.393. The van der Waals surface area contributed by atoms with Crippen molar-refractivity contribution in [2.75, 3.05) is 4.90 Å². The topological polar surface area (TPSA) is 91.8 Å². The van der Waals surface area contributed by atoms with Gasteiger partial charge >= 0.3 is 12.1 Å². The number of anilines is 1. The Morgan fingerprint density at radius 3 is 2.34 bits per heavy atom. The van der Waals surface area contributed by atoms with Crippen LogP contribution in [0.3, 0.4) is 0 Å².